The zero-order chi connectivity index (χ0) is 19.5. The predicted molar refractivity (Wildman–Crippen MR) is 105 cm³/mol. The van der Waals surface area contributed by atoms with Crippen LogP contribution in [0.25, 0.3) is 11.1 Å². The lowest BCUT2D eigenvalue weighted by atomic mass is 10.0. The highest BCUT2D eigenvalue weighted by Gasteiger charge is 2.14. The Morgan fingerprint density at radius 1 is 1.27 bits per heavy atom. The van der Waals surface area contributed by atoms with Gasteiger partial charge in [0.25, 0.3) is 15.6 Å². The number of aryl methyl sites for hydroxylation is 1. The van der Waals surface area contributed by atoms with E-state index >= 15 is 0 Å². The van der Waals surface area contributed by atoms with Gasteiger partial charge in [-0.15, -0.1) is 0 Å². The number of anilines is 2. The summed E-state index contributed by atoms with van der Waals surface area (Å²) in [5.41, 5.74) is 2.02. The minimum atomic E-state index is -3.63. The van der Waals surface area contributed by atoms with Crippen molar-refractivity contribution in [3.63, 3.8) is 0 Å². The van der Waals surface area contributed by atoms with E-state index in [2.05, 4.69) is 16.6 Å². The van der Waals surface area contributed by atoms with Gasteiger partial charge in [0.1, 0.15) is 11.4 Å². The van der Waals surface area contributed by atoms with Crippen molar-refractivity contribution in [3.8, 4) is 16.9 Å². The van der Waals surface area contributed by atoms with Crippen LogP contribution >= 0.6 is 0 Å². The van der Waals surface area contributed by atoms with E-state index in [1.54, 1.807) is 44.6 Å². The van der Waals surface area contributed by atoms with Crippen LogP contribution in [0.4, 0.5) is 11.4 Å². The van der Waals surface area contributed by atoms with Crippen LogP contribution in [0.2, 0.25) is 0 Å². The molecule has 0 saturated heterocycles. The van der Waals surface area contributed by atoms with Crippen LogP contribution in [-0.4, -0.2) is 26.1 Å². The molecule has 1 aromatic heterocycles. The minimum absolute atomic E-state index is 0.0687. The van der Waals surface area contributed by atoms with Gasteiger partial charge in [-0.2, -0.15) is 0 Å². The number of hydrogen-bond donors (Lipinski definition) is 2. The van der Waals surface area contributed by atoms with Crippen LogP contribution in [0.5, 0.6) is 5.75 Å². The monoisotopic (exact) mass is 377 g/mol. The fraction of sp³-hybridized carbons (Fsp3) is 0.278. The molecule has 0 aliphatic heterocycles. The van der Waals surface area contributed by atoms with Crippen LogP contribution in [-0.2, 0) is 17.1 Å². The third kappa shape index (κ3) is 4.45. The van der Waals surface area contributed by atoms with Gasteiger partial charge >= 0.3 is 0 Å². The van der Waals surface area contributed by atoms with E-state index in [4.69, 9.17) is 4.74 Å². The van der Waals surface area contributed by atoms with Crippen molar-refractivity contribution < 1.29 is 13.2 Å². The number of nitrogens with one attached hydrogen (secondary N) is 2. The highest BCUT2D eigenvalue weighted by atomic mass is 32.2. The Labute approximate surface area is 153 Å². The maximum absolute atomic E-state index is 12.1. The van der Waals surface area contributed by atoms with Gasteiger partial charge in [0.05, 0.1) is 6.10 Å². The van der Waals surface area contributed by atoms with E-state index in [-0.39, 0.29) is 11.7 Å². The molecule has 0 unspecified atom stereocenters. The second-order valence-electron chi connectivity index (χ2n) is 6.00. The SMILES string of the molecule is C=CS(=O)(=O)Nc1ccc(OC(C)C)c(-c2cc(NC)c(=O)n(C)c2)c1. The first-order valence-corrected chi connectivity index (χ1v) is 9.56. The van der Waals surface area contributed by atoms with Crippen molar-refractivity contribution in [2.24, 2.45) is 7.05 Å². The Hall–Kier alpha value is -2.74. The minimum Gasteiger partial charge on any atom is -0.490 e. The van der Waals surface area contributed by atoms with Gasteiger partial charge in [-0.1, -0.05) is 6.58 Å². The summed E-state index contributed by atoms with van der Waals surface area (Å²) in [6.07, 6.45) is 1.61. The summed E-state index contributed by atoms with van der Waals surface area (Å²) >= 11 is 0. The molecule has 8 heteroatoms. The molecule has 2 N–H and O–H groups in total. The first-order chi connectivity index (χ1) is 12.2. The van der Waals surface area contributed by atoms with Crippen LogP contribution in [0.3, 0.4) is 0 Å². The molecule has 7 nitrogen and oxygen atoms in total. The second-order valence-corrected chi connectivity index (χ2v) is 7.63. The summed E-state index contributed by atoms with van der Waals surface area (Å²) in [6.45, 7) is 7.09. The van der Waals surface area contributed by atoms with Crippen LogP contribution in [0.1, 0.15) is 13.8 Å². The molecule has 0 radical (unpaired) electrons. The quantitative estimate of drug-likeness (QED) is 0.774. The zero-order valence-electron chi connectivity index (χ0n) is 15.2. The van der Waals surface area contributed by atoms with Gasteiger partial charge in [-0.3, -0.25) is 9.52 Å². The maximum atomic E-state index is 12.1. The first kappa shape index (κ1) is 19.6. The lowest BCUT2D eigenvalue weighted by Gasteiger charge is -2.17. The fourth-order valence-electron chi connectivity index (χ4n) is 2.42. The number of aromatic nitrogens is 1. The Morgan fingerprint density at radius 3 is 2.54 bits per heavy atom. The highest BCUT2D eigenvalue weighted by molar-refractivity contribution is 7.95. The average molecular weight is 377 g/mol. The normalized spacial score (nSPS) is 11.3. The van der Waals surface area contributed by atoms with Gasteiger partial charge in [-0.25, -0.2) is 8.42 Å². The van der Waals surface area contributed by atoms with Crippen LogP contribution in [0.15, 0.2) is 47.2 Å². The summed E-state index contributed by atoms with van der Waals surface area (Å²) in [6, 6.07) is 6.68. The summed E-state index contributed by atoms with van der Waals surface area (Å²) in [5, 5.41) is 3.71. The lowest BCUT2D eigenvalue weighted by molar-refractivity contribution is 0.243. The molecular weight excluding hydrogens is 354 g/mol. The highest BCUT2D eigenvalue weighted by Crippen LogP contribution is 2.34. The Morgan fingerprint density at radius 2 is 1.96 bits per heavy atom. The molecule has 0 amide bonds. The molecular formula is C18H23N3O4S. The standard InChI is InChI=1S/C18H23N3O4S/c1-6-26(23,24)20-14-7-8-17(25-12(2)3)15(10-14)13-9-16(19-4)18(22)21(5)11-13/h6-12,19-20H,1H2,2-5H3. The third-order valence-corrected chi connectivity index (χ3v) is 4.54. The first-order valence-electron chi connectivity index (χ1n) is 8.01. The van der Waals surface area contributed by atoms with Gasteiger partial charge < -0.3 is 14.6 Å². The summed E-state index contributed by atoms with van der Waals surface area (Å²) in [4.78, 5) is 12.1. The van der Waals surface area contributed by atoms with E-state index < -0.39 is 10.0 Å². The van der Waals surface area contributed by atoms with Gasteiger partial charge in [0, 0.05) is 42.5 Å². The number of rotatable bonds is 7. The van der Waals surface area contributed by atoms with E-state index in [0.29, 0.717) is 28.3 Å². The fourth-order valence-corrected chi connectivity index (χ4v) is 2.96. The van der Waals surface area contributed by atoms with E-state index in [0.717, 1.165) is 5.41 Å². The van der Waals surface area contributed by atoms with Gasteiger partial charge in [0.15, 0.2) is 0 Å². The Balaban J connectivity index is 2.65. The molecule has 0 aliphatic rings. The molecule has 0 fully saturated rings. The number of benzene rings is 1. The molecule has 0 atom stereocenters. The maximum Gasteiger partial charge on any atom is 0.273 e. The Bertz CT molecular complexity index is 978. The lowest BCUT2D eigenvalue weighted by Crippen LogP contribution is -2.19. The van der Waals surface area contributed by atoms with Crippen molar-refractivity contribution in [1.29, 1.82) is 0 Å². The van der Waals surface area contributed by atoms with Crippen molar-refractivity contribution >= 4 is 21.4 Å². The number of ether oxygens (including phenoxy) is 1. The molecule has 2 rings (SSSR count). The van der Waals surface area contributed by atoms with Crippen molar-refractivity contribution in [3.05, 3.63) is 52.8 Å². The van der Waals surface area contributed by atoms with E-state index in [9.17, 15) is 13.2 Å². The molecule has 26 heavy (non-hydrogen) atoms. The van der Waals surface area contributed by atoms with Gasteiger partial charge in [0.2, 0.25) is 0 Å². The molecule has 1 aromatic carbocycles. The smallest absolute Gasteiger partial charge is 0.273 e. The third-order valence-electron chi connectivity index (χ3n) is 3.59. The van der Waals surface area contributed by atoms with Gasteiger partial charge in [-0.05, 0) is 38.1 Å². The van der Waals surface area contributed by atoms with Crippen LogP contribution < -0.4 is 20.3 Å². The average Bonchev–Trinajstić information content (AvgIpc) is 2.58. The number of nitrogens with zero attached hydrogens (tertiary/aromatic N) is 1. The number of sulfonamides is 1. The van der Waals surface area contributed by atoms with Crippen LogP contribution in [0, 0.1) is 0 Å². The number of pyridine rings is 1. The van der Waals surface area contributed by atoms with E-state index in [1.165, 1.54) is 4.57 Å². The molecule has 0 aliphatic carbocycles. The predicted octanol–water partition coefficient (Wildman–Crippen LogP) is 2.77. The molecule has 0 saturated carbocycles. The van der Waals surface area contributed by atoms with E-state index in [1.807, 2.05) is 13.8 Å². The van der Waals surface area contributed by atoms with Crippen molar-refractivity contribution in [1.82, 2.24) is 4.57 Å². The van der Waals surface area contributed by atoms with Crippen molar-refractivity contribution in [2.75, 3.05) is 17.1 Å². The Kier molecular flexibility index (Phi) is 5.76. The topological polar surface area (TPSA) is 89.4 Å². The van der Waals surface area contributed by atoms with Crippen molar-refractivity contribution in [2.45, 2.75) is 20.0 Å². The zero-order valence-corrected chi connectivity index (χ0v) is 16.1. The molecule has 0 bridgehead atoms. The second kappa shape index (κ2) is 7.65. The largest absolute Gasteiger partial charge is 0.490 e. The summed E-state index contributed by atoms with van der Waals surface area (Å²) in [7, 11) is -0.310. The molecule has 140 valence electrons. The number of hydrogen-bond acceptors (Lipinski definition) is 5. The summed E-state index contributed by atoms with van der Waals surface area (Å²) < 4.78 is 33.3. The molecule has 2 aromatic rings. The molecule has 1 heterocycles. The molecule has 0 spiro atoms. The summed E-state index contributed by atoms with van der Waals surface area (Å²) in [5.74, 6) is 0.585.